The molecule has 0 heterocycles. The molecule has 0 rings (SSSR count). The van der Waals surface area contributed by atoms with Gasteiger partial charge < -0.3 is 0 Å². The number of hydrogen-bond donors (Lipinski definition) is 0. The molecule has 0 nitrogen and oxygen atoms in total. The zero-order valence-corrected chi connectivity index (χ0v) is 14.2. The molecule has 0 aliphatic rings. The monoisotopic (exact) mass is 256 g/mol. The van der Waals surface area contributed by atoms with Gasteiger partial charge in [-0.1, -0.05) is 67.0 Å². The largest absolute Gasteiger partial charge is 0.118 e. The number of rotatable bonds is 6. The van der Waals surface area contributed by atoms with Crippen LogP contribution in [0.2, 0.25) is 0 Å². The molecule has 0 spiro atoms. The van der Waals surface area contributed by atoms with Gasteiger partial charge in [-0.2, -0.15) is 0 Å². The highest BCUT2D eigenvalue weighted by molar-refractivity contribution is 7.38. The summed E-state index contributed by atoms with van der Waals surface area (Å²) in [5.41, 5.74) is 1.14. The van der Waals surface area contributed by atoms with Crippen LogP contribution in [-0.2, 0) is 0 Å². The summed E-state index contributed by atoms with van der Waals surface area (Å²) in [5, 5.41) is 0. The quantitative estimate of drug-likeness (QED) is 0.429. The van der Waals surface area contributed by atoms with Crippen LogP contribution in [0.4, 0.5) is 0 Å². The molecule has 0 bridgehead atoms. The van der Waals surface area contributed by atoms with Crippen LogP contribution in [0.15, 0.2) is 12.2 Å². The molecular weight excluding hydrogens is 223 g/mol. The predicted molar refractivity (Wildman–Crippen MR) is 84.4 cm³/mol. The van der Waals surface area contributed by atoms with Crippen molar-refractivity contribution < 1.29 is 0 Å². The lowest BCUT2D eigenvalue weighted by molar-refractivity contribution is 0.311. The van der Waals surface area contributed by atoms with Gasteiger partial charge in [-0.15, -0.1) is 8.58 Å². The highest BCUT2D eigenvalue weighted by Crippen LogP contribution is 2.34. The first-order valence-corrected chi connectivity index (χ1v) is 8.67. The van der Waals surface area contributed by atoms with E-state index in [1.807, 2.05) is 0 Å². The zero-order chi connectivity index (χ0) is 13.6. The Morgan fingerprint density at radius 2 is 1.59 bits per heavy atom. The first-order valence-electron chi connectivity index (χ1n) is 7.09. The summed E-state index contributed by atoms with van der Waals surface area (Å²) in [5.74, 6) is 2.31. The second kappa shape index (κ2) is 7.57. The van der Waals surface area contributed by atoms with Crippen LogP contribution in [-0.4, -0.2) is 12.3 Å². The highest BCUT2D eigenvalue weighted by Gasteiger charge is 2.21. The minimum Gasteiger partial charge on any atom is -0.118 e. The van der Waals surface area contributed by atoms with Crippen molar-refractivity contribution in [3.05, 3.63) is 12.2 Å². The van der Waals surface area contributed by atoms with E-state index in [-0.39, 0.29) is 0 Å². The van der Waals surface area contributed by atoms with Gasteiger partial charge in [0.05, 0.1) is 0 Å². The fourth-order valence-corrected chi connectivity index (χ4v) is 3.34. The van der Waals surface area contributed by atoms with Gasteiger partial charge in [0.1, 0.15) is 0 Å². The van der Waals surface area contributed by atoms with Gasteiger partial charge in [-0.05, 0) is 35.5 Å². The van der Waals surface area contributed by atoms with Crippen molar-refractivity contribution in [1.29, 1.82) is 0 Å². The summed E-state index contributed by atoms with van der Waals surface area (Å²) in [7, 11) is 1.00. The van der Waals surface area contributed by atoms with Crippen molar-refractivity contribution in [2.75, 3.05) is 6.66 Å². The Morgan fingerprint density at radius 1 is 1.06 bits per heavy atom. The van der Waals surface area contributed by atoms with Crippen LogP contribution in [0.1, 0.15) is 54.9 Å². The van der Waals surface area contributed by atoms with Gasteiger partial charge >= 0.3 is 0 Å². The molecule has 1 heteroatoms. The molecule has 5 unspecified atom stereocenters. The van der Waals surface area contributed by atoms with E-state index in [4.69, 9.17) is 0 Å². The molecule has 102 valence electrons. The molecule has 0 aromatic rings. The molecule has 0 aliphatic heterocycles. The molecule has 0 aromatic heterocycles. The minimum atomic E-state index is 0.406. The minimum absolute atomic E-state index is 0.406. The molecule has 0 amide bonds. The van der Waals surface area contributed by atoms with E-state index >= 15 is 0 Å². The summed E-state index contributed by atoms with van der Waals surface area (Å²) >= 11 is 0. The van der Waals surface area contributed by atoms with Gasteiger partial charge in [-0.25, -0.2) is 0 Å². The lowest BCUT2D eigenvalue weighted by atomic mass is 9.82. The van der Waals surface area contributed by atoms with Crippen molar-refractivity contribution in [1.82, 2.24) is 0 Å². The molecule has 0 saturated heterocycles. The second-order valence-corrected chi connectivity index (χ2v) is 7.82. The van der Waals surface area contributed by atoms with Crippen molar-refractivity contribution >= 4 is 8.58 Å². The van der Waals surface area contributed by atoms with Crippen LogP contribution in [0, 0.1) is 23.2 Å². The third kappa shape index (κ3) is 6.05. The van der Waals surface area contributed by atoms with Crippen molar-refractivity contribution in [2.45, 2.75) is 60.5 Å². The van der Waals surface area contributed by atoms with Crippen molar-refractivity contribution in [3.8, 4) is 0 Å². The Labute approximate surface area is 111 Å². The maximum absolute atomic E-state index is 2.47. The van der Waals surface area contributed by atoms with E-state index in [1.54, 1.807) is 0 Å². The summed E-state index contributed by atoms with van der Waals surface area (Å²) in [6.45, 7) is 18.8. The van der Waals surface area contributed by atoms with E-state index in [1.165, 1.54) is 6.42 Å². The highest BCUT2D eigenvalue weighted by atomic mass is 31.1. The zero-order valence-electron chi connectivity index (χ0n) is 13.2. The topological polar surface area (TPSA) is 0 Å². The Hall–Kier alpha value is 0.170. The molecule has 0 saturated carbocycles. The van der Waals surface area contributed by atoms with Crippen LogP contribution in [0.3, 0.4) is 0 Å². The maximum atomic E-state index is 2.47. The number of hydrogen-bond acceptors (Lipinski definition) is 0. The fourth-order valence-electron chi connectivity index (χ4n) is 2.17. The summed E-state index contributed by atoms with van der Waals surface area (Å²) in [6.07, 6.45) is 6.23. The van der Waals surface area contributed by atoms with E-state index in [0.717, 1.165) is 26.1 Å². The first-order chi connectivity index (χ1) is 7.73. The lowest BCUT2D eigenvalue weighted by Crippen LogP contribution is -2.20. The smallest absolute Gasteiger partial charge is 0.00112 e. The molecule has 0 fully saturated rings. The number of allylic oxidation sites excluding steroid dienone is 2. The summed E-state index contributed by atoms with van der Waals surface area (Å²) in [6, 6.07) is 0. The van der Waals surface area contributed by atoms with Crippen molar-refractivity contribution in [2.24, 2.45) is 23.2 Å². The normalized spacial score (nSPS) is 20.9. The van der Waals surface area contributed by atoms with Crippen LogP contribution in [0.25, 0.3) is 0 Å². The summed E-state index contributed by atoms with van der Waals surface area (Å²) < 4.78 is 0. The van der Waals surface area contributed by atoms with Gasteiger partial charge in [0.15, 0.2) is 0 Å². The molecule has 0 radical (unpaired) electrons. The lowest BCUT2D eigenvalue weighted by Gasteiger charge is -2.28. The van der Waals surface area contributed by atoms with Crippen LogP contribution in [0.5, 0.6) is 0 Å². The van der Waals surface area contributed by atoms with Gasteiger partial charge in [0.25, 0.3) is 0 Å². The van der Waals surface area contributed by atoms with Gasteiger partial charge in [0.2, 0.25) is 0 Å². The average molecular weight is 256 g/mol. The second-order valence-electron chi connectivity index (χ2n) is 6.62. The molecule has 0 N–H and O–H groups in total. The Morgan fingerprint density at radius 3 is 1.94 bits per heavy atom. The molecule has 0 aromatic carbocycles. The Kier molecular flexibility index (Phi) is 7.65. The Balaban J connectivity index is 4.50. The van der Waals surface area contributed by atoms with E-state index in [0.29, 0.717) is 11.3 Å². The van der Waals surface area contributed by atoms with Gasteiger partial charge in [0, 0.05) is 0 Å². The molecule has 17 heavy (non-hydrogen) atoms. The summed E-state index contributed by atoms with van der Waals surface area (Å²) in [4.78, 5) is 0. The van der Waals surface area contributed by atoms with Crippen LogP contribution >= 0.6 is 8.58 Å². The molecule has 0 aliphatic carbocycles. The van der Waals surface area contributed by atoms with E-state index in [9.17, 15) is 0 Å². The van der Waals surface area contributed by atoms with Gasteiger partial charge in [-0.3, -0.25) is 0 Å². The Bertz CT molecular complexity index is 224. The average Bonchev–Trinajstić information content (AvgIpc) is 2.25. The fraction of sp³-hybridized carbons (Fsp3) is 0.875. The first kappa shape index (κ1) is 17.2. The van der Waals surface area contributed by atoms with Crippen LogP contribution < -0.4 is 0 Å². The molecule has 5 atom stereocenters. The van der Waals surface area contributed by atoms with E-state index in [2.05, 4.69) is 67.3 Å². The SMILES string of the molecule is CCC(C)C(C)C(C)C=CC(PC)C(C)(C)C. The van der Waals surface area contributed by atoms with E-state index < -0.39 is 0 Å². The molecular formula is C16H33P. The third-order valence-corrected chi connectivity index (χ3v) is 5.90. The predicted octanol–water partition coefficient (Wildman–Crippen LogP) is 5.58. The maximum Gasteiger partial charge on any atom is -0.00112 e. The standard InChI is InChI=1S/C16H33P/c1-9-12(2)14(4)13(3)10-11-15(17-8)16(5,6)7/h10-15,17H,9H2,1-8H3. The third-order valence-electron chi connectivity index (χ3n) is 4.22. The van der Waals surface area contributed by atoms with Crippen molar-refractivity contribution in [3.63, 3.8) is 0 Å².